The minimum Gasteiger partial charge on any atom is -0.275 e. The van der Waals surface area contributed by atoms with E-state index in [1.54, 1.807) is 16.8 Å². The van der Waals surface area contributed by atoms with Crippen molar-refractivity contribution in [2.75, 3.05) is 6.26 Å². The summed E-state index contributed by atoms with van der Waals surface area (Å²) in [5.74, 6) is 0.238. The van der Waals surface area contributed by atoms with Crippen molar-refractivity contribution in [3.63, 3.8) is 0 Å². The fourth-order valence-electron chi connectivity index (χ4n) is 2.90. The highest BCUT2D eigenvalue weighted by atomic mass is 32.2. The Morgan fingerprint density at radius 2 is 2.00 bits per heavy atom. The van der Waals surface area contributed by atoms with Crippen molar-refractivity contribution in [2.24, 2.45) is 7.05 Å². The molecule has 0 saturated heterocycles. The quantitative estimate of drug-likeness (QED) is 0.601. The second-order valence-electron chi connectivity index (χ2n) is 5.76. The van der Waals surface area contributed by atoms with E-state index in [1.165, 1.54) is 6.26 Å². The highest BCUT2D eigenvalue weighted by molar-refractivity contribution is 7.90. The van der Waals surface area contributed by atoms with Crippen LogP contribution in [-0.2, 0) is 16.9 Å². The Morgan fingerprint density at radius 3 is 2.72 bits per heavy atom. The van der Waals surface area contributed by atoms with Crippen LogP contribution >= 0.6 is 0 Å². The molecule has 126 valence electrons. The van der Waals surface area contributed by atoms with E-state index in [0.717, 1.165) is 22.0 Å². The second-order valence-corrected chi connectivity index (χ2v) is 7.75. The van der Waals surface area contributed by atoms with Gasteiger partial charge in [0.1, 0.15) is 0 Å². The number of H-pyrrole nitrogens is 1. The third-order valence-electron chi connectivity index (χ3n) is 3.92. The van der Waals surface area contributed by atoms with Gasteiger partial charge in [0.2, 0.25) is 5.82 Å². The molecule has 0 aliphatic rings. The van der Waals surface area contributed by atoms with Gasteiger partial charge in [-0.25, -0.2) is 8.42 Å². The Hall–Kier alpha value is -3.07. The predicted molar refractivity (Wildman–Crippen MR) is 92.4 cm³/mol. The molecule has 2 aromatic carbocycles. The van der Waals surface area contributed by atoms with E-state index in [9.17, 15) is 8.42 Å². The standard InChI is InChI=1S/C16H14N6O2S/c1-22-9-11-8-10(6-7-13(11)19-22)12-4-3-5-14(25(2,23)24)15(12)16-17-20-21-18-16/h3-9H,1-2H3,(H,17,18,20,21). The van der Waals surface area contributed by atoms with E-state index in [1.807, 2.05) is 37.5 Å². The first-order chi connectivity index (χ1) is 11.9. The van der Waals surface area contributed by atoms with Gasteiger partial charge in [0.15, 0.2) is 9.84 Å². The molecule has 8 nitrogen and oxygen atoms in total. The molecule has 2 heterocycles. The molecule has 0 amide bonds. The summed E-state index contributed by atoms with van der Waals surface area (Å²) in [6.07, 6.45) is 3.08. The van der Waals surface area contributed by atoms with Crippen molar-refractivity contribution < 1.29 is 8.42 Å². The van der Waals surface area contributed by atoms with Crippen LogP contribution < -0.4 is 0 Å². The van der Waals surface area contributed by atoms with Gasteiger partial charge in [0.25, 0.3) is 0 Å². The maximum Gasteiger partial charge on any atom is 0.206 e. The van der Waals surface area contributed by atoms with Gasteiger partial charge in [-0.1, -0.05) is 18.2 Å². The summed E-state index contributed by atoms with van der Waals surface area (Å²) in [4.78, 5) is 0.165. The number of tetrazole rings is 1. The van der Waals surface area contributed by atoms with Crippen molar-refractivity contribution in [3.8, 4) is 22.5 Å². The third kappa shape index (κ3) is 2.68. The lowest BCUT2D eigenvalue weighted by Crippen LogP contribution is -2.02. The smallest absolute Gasteiger partial charge is 0.206 e. The van der Waals surface area contributed by atoms with Crippen LogP contribution in [0.4, 0.5) is 0 Å². The number of aryl methyl sites for hydroxylation is 1. The SMILES string of the molecule is Cn1cc2cc(-c3cccc(S(C)(=O)=O)c3-c3nn[nH]n3)ccc2n1. The number of aromatic amines is 1. The summed E-state index contributed by atoms with van der Waals surface area (Å²) >= 11 is 0. The summed E-state index contributed by atoms with van der Waals surface area (Å²) in [6, 6.07) is 10.9. The Morgan fingerprint density at radius 1 is 1.16 bits per heavy atom. The monoisotopic (exact) mass is 354 g/mol. The molecule has 2 aromatic heterocycles. The van der Waals surface area contributed by atoms with E-state index in [-0.39, 0.29) is 10.7 Å². The van der Waals surface area contributed by atoms with Gasteiger partial charge in [-0.3, -0.25) is 4.68 Å². The molecule has 0 fully saturated rings. The van der Waals surface area contributed by atoms with Crippen LogP contribution in [0.15, 0.2) is 47.5 Å². The Labute approximate surface area is 143 Å². The van der Waals surface area contributed by atoms with Crippen LogP contribution in [0.25, 0.3) is 33.4 Å². The van der Waals surface area contributed by atoms with E-state index < -0.39 is 9.84 Å². The molecule has 4 rings (SSSR count). The number of hydrogen-bond donors (Lipinski definition) is 1. The lowest BCUT2D eigenvalue weighted by Gasteiger charge is -2.11. The van der Waals surface area contributed by atoms with Gasteiger partial charge in [-0.05, 0) is 34.5 Å². The average molecular weight is 354 g/mol. The molecular weight excluding hydrogens is 340 g/mol. The summed E-state index contributed by atoms with van der Waals surface area (Å²) in [5, 5.41) is 19.2. The zero-order valence-electron chi connectivity index (χ0n) is 13.5. The van der Waals surface area contributed by atoms with Gasteiger partial charge < -0.3 is 0 Å². The number of aromatic nitrogens is 6. The Balaban J connectivity index is 2.03. The first kappa shape index (κ1) is 15.5. The lowest BCUT2D eigenvalue weighted by molar-refractivity contribution is 0.602. The van der Waals surface area contributed by atoms with E-state index in [0.29, 0.717) is 5.56 Å². The van der Waals surface area contributed by atoms with Gasteiger partial charge in [-0.15, -0.1) is 10.2 Å². The van der Waals surface area contributed by atoms with E-state index in [4.69, 9.17) is 0 Å². The Bertz CT molecular complexity index is 1180. The summed E-state index contributed by atoms with van der Waals surface area (Å²) < 4.78 is 26.2. The molecule has 0 aliphatic heterocycles. The molecule has 0 saturated carbocycles. The van der Waals surface area contributed by atoms with Gasteiger partial charge in [0.05, 0.1) is 10.4 Å². The lowest BCUT2D eigenvalue weighted by atomic mass is 9.98. The van der Waals surface area contributed by atoms with Crippen LogP contribution in [0.2, 0.25) is 0 Å². The molecule has 0 spiro atoms. The fraction of sp³-hybridized carbons (Fsp3) is 0.125. The number of benzene rings is 2. The van der Waals surface area contributed by atoms with Crippen LogP contribution in [0, 0.1) is 0 Å². The topological polar surface area (TPSA) is 106 Å². The maximum absolute atomic E-state index is 12.2. The van der Waals surface area contributed by atoms with Crippen molar-refractivity contribution in [1.82, 2.24) is 30.4 Å². The van der Waals surface area contributed by atoms with Crippen LogP contribution in [0.5, 0.6) is 0 Å². The van der Waals surface area contributed by atoms with Crippen LogP contribution in [0.1, 0.15) is 0 Å². The number of nitrogens with zero attached hydrogens (tertiary/aromatic N) is 5. The van der Waals surface area contributed by atoms with Crippen molar-refractivity contribution >= 4 is 20.7 Å². The maximum atomic E-state index is 12.2. The highest BCUT2D eigenvalue weighted by Gasteiger charge is 2.22. The molecular formula is C16H14N6O2S. The zero-order valence-corrected chi connectivity index (χ0v) is 14.3. The number of hydrogen-bond acceptors (Lipinski definition) is 6. The molecule has 0 bridgehead atoms. The van der Waals surface area contributed by atoms with Crippen molar-refractivity contribution in [2.45, 2.75) is 4.90 Å². The minimum absolute atomic E-state index is 0.165. The fourth-order valence-corrected chi connectivity index (χ4v) is 3.79. The first-order valence-corrected chi connectivity index (χ1v) is 9.33. The van der Waals surface area contributed by atoms with Crippen LogP contribution in [-0.4, -0.2) is 45.1 Å². The van der Waals surface area contributed by atoms with Gasteiger partial charge >= 0.3 is 0 Å². The predicted octanol–water partition coefficient (Wildman–Crippen LogP) is 1.82. The molecule has 4 aromatic rings. The average Bonchev–Trinajstić information content (AvgIpc) is 3.20. The molecule has 0 unspecified atom stereocenters. The van der Waals surface area contributed by atoms with Gasteiger partial charge in [0, 0.05) is 30.4 Å². The summed E-state index contributed by atoms with van der Waals surface area (Å²) in [7, 11) is -1.61. The van der Waals surface area contributed by atoms with Crippen molar-refractivity contribution in [3.05, 3.63) is 42.6 Å². The van der Waals surface area contributed by atoms with Crippen molar-refractivity contribution in [1.29, 1.82) is 0 Å². The molecule has 1 N–H and O–H groups in total. The highest BCUT2D eigenvalue weighted by Crippen LogP contribution is 2.36. The number of rotatable bonds is 3. The molecule has 0 aliphatic carbocycles. The normalized spacial score (nSPS) is 11.9. The zero-order chi connectivity index (χ0) is 17.6. The number of fused-ring (bicyclic) bond motifs is 1. The number of nitrogens with one attached hydrogen (secondary N) is 1. The van der Waals surface area contributed by atoms with E-state index in [2.05, 4.69) is 25.7 Å². The molecule has 9 heteroatoms. The third-order valence-corrected chi connectivity index (χ3v) is 5.06. The number of sulfone groups is 1. The second kappa shape index (κ2) is 5.49. The molecule has 0 radical (unpaired) electrons. The molecule has 25 heavy (non-hydrogen) atoms. The van der Waals surface area contributed by atoms with E-state index >= 15 is 0 Å². The minimum atomic E-state index is -3.47. The Kier molecular flexibility index (Phi) is 3.39. The summed E-state index contributed by atoms with van der Waals surface area (Å²) in [6.45, 7) is 0. The summed E-state index contributed by atoms with van der Waals surface area (Å²) in [5.41, 5.74) is 2.87. The van der Waals surface area contributed by atoms with Crippen LogP contribution in [0.3, 0.4) is 0 Å². The largest absolute Gasteiger partial charge is 0.275 e. The van der Waals surface area contributed by atoms with Gasteiger partial charge in [-0.2, -0.15) is 10.3 Å². The molecule has 0 atom stereocenters. The first-order valence-electron chi connectivity index (χ1n) is 7.44.